The quantitative estimate of drug-likeness (QED) is 0.400. The molecule has 0 bridgehead atoms. The van der Waals surface area contributed by atoms with Crippen LogP contribution in [-0.4, -0.2) is 31.0 Å². The largest absolute Gasteiger partial charge is 1.00 e. The van der Waals surface area contributed by atoms with E-state index in [1.807, 2.05) is 0 Å². The molecule has 1 unspecified atom stereocenters. The zero-order valence-electron chi connectivity index (χ0n) is 7.28. The topological polar surface area (TPSA) is 49.4 Å². The summed E-state index contributed by atoms with van der Waals surface area (Å²) in [6, 6.07) is 0. The summed E-state index contributed by atoms with van der Waals surface area (Å²) in [6.07, 6.45) is -15.6. The minimum absolute atomic E-state index is 0. The smallest absolute Gasteiger partial charge is 0.548 e. The van der Waals surface area contributed by atoms with Crippen LogP contribution in [-0.2, 0) is 9.53 Å². The molecule has 0 aliphatic rings. The Bertz CT molecular complexity index is 217. The monoisotopic (exact) mass is 248 g/mol. The molecule has 84 valence electrons. The maximum absolute atomic E-state index is 12.1. The normalized spacial score (nSPS) is 14.3. The van der Waals surface area contributed by atoms with Crippen LogP contribution < -0.4 is 34.7 Å². The van der Waals surface area contributed by atoms with Crippen LogP contribution in [0.25, 0.3) is 0 Å². The Morgan fingerprint density at radius 2 is 1.67 bits per heavy atom. The molecule has 0 aromatic carbocycles. The Morgan fingerprint density at radius 1 is 1.27 bits per heavy atom. The van der Waals surface area contributed by atoms with Crippen LogP contribution in [0.1, 0.15) is 0 Å². The van der Waals surface area contributed by atoms with Crippen LogP contribution in [0.5, 0.6) is 0 Å². The third-order valence-electron chi connectivity index (χ3n) is 0.965. The van der Waals surface area contributed by atoms with Gasteiger partial charge in [-0.2, -0.15) is 22.0 Å². The first-order valence-electron chi connectivity index (χ1n) is 3.00. The second kappa shape index (κ2) is 5.92. The zero-order valence-corrected chi connectivity index (χ0v) is 9.28. The van der Waals surface area contributed by atoms with E-state index in [0.717, 1.165) is 0 Å². The Labute approximate surface area is 102 Å². The average molecular weight is 248 g/mol. The van der Waals surface area contributed by atoms with E-state index in [9.17, 15) is 36.2 Å². The number of ether oxygens (including phenoxy) is 1. The van der Waals surface area contributed by atoms with Gasteiger partial charge in [-0.3, -0.25) is 0 Å². The van der Waals surface area contributed by atoms with Gasteiger partial charge in [0.05, 0.1) is 12.6 Å². The number of carboxylic acid groups (broad SMARTS) is 1. The Balaban J connectivity index is 0. The third-order valence-corrected chi connectivity index (χ3v) is 0.965. The summed E-state index contributed by atoms with van der Waals surface area (Å²) >= 11 is 0. The summed E-state index contributed by atoms with van der Waals surface area (Å²) < 4.78 is 73.1. The summed E-state index contributed by atoms with van der Waals surface area (Å²) in [4.78, 5) is 9.55. The Hall–Kier alpha value is 0.01000. The fourth-order valence-corrected chi connectivity index (χ4v) is 0.419. The van der Waals surface area contributed by atoms with Gasteiger partial charge in [0.25, 0.3) is 6.17 Å². The molecule has 0 saturated heterocycles. The number of hydrogen-bond acceptors (Lipinski definition) is 3. The molecule has 0 aromatic heterocycles. The number of alkyl halides is 6. The minimum atomic E-state index is -5.82. The first-order chi connectivity index (χ1) is 6.07. The first-order valence-corrected chi connectivity index (χ1v) is 3.00. The second-order valence-corrected chi connectivity index (χ2v) is 2.13. The minimum Gasteiger partial charge on any atom is -0.548 e. The summed E-state index contributed by atoms with van der Waals surface area (Å²) in [5.41, 5.74) is 0. The summed E-state index contributed by atoms with van der Waals surface area (Å²) in [6.45, 7) is -1.83. The van der Waals surface area contributed by atoms with Crippen molar-refractivity contribution in [2.24, 2.45) is 0 Å². The number of carboxylic acids is 1. The van der Waals surface area contributed by atoms with Crippen molar-refractivity contribution in [3.8, 4) is 0 Å². The van der Waals surface area contributed by atoms with E-state index in [2.05, 4.69) is 4.74 Å². The maximum atomic E-state index is 12.1. The van der Waals surface area contributed by atoms with Gasteiger partial charge in [0.15, 0.2) is 0 Å². The van der Waals surface area contributed by atoms with E-state index < -0.39 is 31.0 Å². The number of aliphatic carboxylic acids is 1. The van der Waals surface area contributed by atoms with Crippen LogP contribution >= 0.6 is 0 Å². The molecule has 0 aliphatic carbocycles. The van der Waals surface area contributed by atoms with Crippen LogP contribution in [0.2, 0.25) is 0 Å². The SMILES string of the molecule is O=C([O-])COC(F)(F)C(F)C(F)(F)F.[Na+]. The van der Waals surface area contributed by atoms with Crippen LogP contribution in [0, 0.1) is 0 Å². The zero-order chi connectivity index (χ0) is 11.6. The van der Waals surface area contributed by atoms with Crippen molar-refractivity contribution >= 4 is 5.97 Å². The van der Waals surface area contributed by atoms with E-state index in [1.54, 1.807) is 0 Å². The molecule has 0 saturated carbocycles. The second-order valence-electron chi connectivity index (χ2n) is 2.13. The molecule has 15 heavy (non-hydrogen) atoms. The molecule has 0 aliphatic heterocycles. The van der Waals surface area contributed by atoms with Gasteiger partial charge in [0.1, 0.15) is 0 Å². The summed E-state index contributed by atoms with van der Waals surface area (Å²) in [5, 5.41) is 9.55. The van der Waals surface area contributed by atoms with Crippen molar-refractivity contribution in [2.75, 3.05) is 6.61 Å². The average Bonchev–Trinajstić information content (AvgIpc) is 1.98. The van der Waals surface area contributed by atoms with Crippen molar-refractivity contribution in [2.45, 2.75) is 18.5 Å². The molecule has 0 radical (unpaired) electrons. The van der Waals surface area contributed by atoms with Crippen LogP contribution in [0.3, 0.4) is 0 Å². The molecule has 3 nitrogen and oxygen atoms in total. The molecule has 0 amide bonds. The van der Waals surface area contributed by atoms with Gasteiger partial charge in [-0.15, -0.1) is 0 Å². The first kappa shape index (κ1) is 17.4. The van der Waals surface area contributed by atoms with E-state index >= 15 is 0 Å². The van der Waals surface area contributed by atoms with Gasteiger partial charge in [0, 0.05) is 0 Å². The molecule has 0 N–H and O–H groups in total. The third kappa shape index (κ3) is 6.23. The Kier molecular flexibility index (Phi) is 6.87. The molecular formula is C5H3F6NaO3. The van der Waals surface area contributed by atoms with E-state index in [1.165, 1.54) is 0 Å². The fraction of sp³-hybridized carbons (Fsp3) is 0.800. The molecule has 1 atom stereocenters. The van der Waals surface area contributed by atoms with Gasteiger partial charge < -0.3 is 14.6 Å². The predicted molar refractivity (Wildman–Crippen MR) is 26.9 cm³/mol. The predicted octanol–water partition coefficient (Wildman–Crippen LogP) is -2.75. The Morgan fingerprint density at radius 3 is 1.93 bits per heavy atom. The van der Waals surface area contributed by atoms with Gasteiger partial charge in [-0.25, -0.2) is 4.39 Å². The van der Waals surface area contributed by atoms with Crippen LogP contribution in [0.4, 0.5) is 26.3 Å². The molecule has 10 heteroatoms. The van der Waals surface area contributed by atoms with Crippen molar-refractivity contribution in [3.63, 3.8) is 0 Å². The van der Waals surface area contributed by atoms with Crippen molar-refractivity contribution in [1.29, 1.82) is 0 Å². The van der Waals surface area contributed by atoms with Crippen molar-refractivity contribution in [3.05, 3.63) is 0 Å². The van der Waals surface area contributed by atoms with Gasteiger partial charge in [-0.1, -0.05) is 0 Å². The van der Waals surface area contributed by atoms with Crippen LogP contribution in [0.15, 0.2) is 0 Å². The molecule has 0 aromatic rings. The van der Waals surface area contributed by atoms with Crippen molar-refractivity contribution < 1.29 is 70.5 Å². The standard InChI is InChI=1S/C5H4F6O3.Na/c6-3(4(7,8)9)5(10,11)14-1-2(12)13;/h3H,1H2,(H,12,13);/q;+1/p-1. The van der Waals surface area contributed by atoms with E-state index in [0.29, 0.717) is 0 Å². The molecule has 0 rings (SSSR count). The molecule has 0 heterocycles. The van der Waals surface area contributed by atoms with Gasteiger partial charge in [0.2, 0.25) is 0 Å². The molecule has 0 fully saturated rings. The molecule has 0 spiro atoms. The van der Waals surface area contributed by atoms with Crippen molar-refractivity contribution in [1.82, 2.24) is 0 Å². The number of hydrogen-bond donors (Lipinski definition) is 0. The number of carbonyl (C=O) groups excluding carboxylic acids is 1. The van der Waals surface area contributed by atoms with Gasteiger partial charge >= 0.3 is 41.8 Å². The van der Waals surface area contributed by atoms with E-state index in [4.69, 9.17) is 0 Å². The van der Waals surface area contributed by atoms with E-state index in [-0.39, 0.29) is 29.6 Å². The summed E-state index contributed by atoms with van der Waals surface area (Å²) in [5.74, 6) is -2.18. The fourth-order valence-electron chi connectivity index (χ4n) is 0.419. The number of halogens is 6. The number of rotatable bonds is 4. The summed E-state index contributed by atoms with van der Waals surface area (Å²) in [7, 11) is 0. The number of carbonyl (C=O) groups is 1. The molecular weight excluding hydrogens is 245 g/mol. The maximum Gasteiger partial charge on any atom is 1.00 e. The van der Waals surface area contributed by atoms with Gasteiger partial charge in [-0.05, 0) is 0 Å².